The van der Waals surface area contributed by atoms with Gasteiger partial charge in [0, 0.05) is 17.6 Å². The van der Waals surface area contributed by atoms with Gasteiger partial charge in [-0.2, -0.15) is 0 Å². The van der Waals surface area contributed by atoms with Crippen molar-refractivity contribution in [3.63, 3.8) is 0 Å². The Hall–Kier alpha value is -2.80. The molecule has 5 atom stereocenters. The normalized spacial score (nSPS) is 22.8. The third kappa shape index (κ3) is 7.41. The van der Waals surface area contributed by atoms with Crippen LogP contribution in [0.15, 0.2) is 52.1 Å². The summed E-state index contributed by atoms with van der Waals surface area (Å²) in [4.78, 5) is 28.5. The fraction of sp³-hybridized carbons (Fsp3) is 0.450. The second-order valence-corrected chi connectivity index (χ2v) is 8.15. The van der Waals surface area contributed by atoms with E-state index < -0.39 is 54.6 Å². The molecule has 1 heterocycles. The number of carbonyl (C=O) groups excluding carboxylic acids is 1. The number of hydrogen-bond donors (Lipinski definition) is 7. The molecule has 0 aromatic heterocycles. The number of aliphatic imine (C=N–C) groups is 1. The van der Waals surface area contributed by atoms with Gasteiger partial charge in [0.15, 0.2) is 5.96 Å². The molecule has 0 fully saturated rings. The number of aliphatic hydroxyl groups is 3. The van der Waals surface area contributed by atoms with E-state index in [1.54, 1.807) is 11.8 Å². The summed E-state index contributed by atoms with van der Waals surface area (Å²) in [6.07, 6.45) is -3.50. The van der Waals surface area contributed by atoms with E-state index in [2.05, 4.69) is 15.6 Å². The molecular formula is C20H28N4O7S. The maximum atomic E-state index is 11.7. The van der Waals surface area contributed by atoms with Crippen LogP contribution in [0.1, 0.15) is 6.92 Å². The Morgan fingerprint density at radius 3 is 2.53 bits per heavy atom. The van der Waals surface area contributed by atoms with E-state index in [4.69, 9.17) is 15.6 Å². The number of amides is 1. The number of benzene rings is 1. The Morgan fingerprint density at radius 2 is 1.94 bits per heavy atom. The molecule has 32 heavy (non-hydrogen) atoms. The molecule has 0 saturated carbocycles. The average molecular weight is 469 g/mol. The number of ether oxygens (including phenoxy) is 1. The summed E-state index contributed by atoms with van der Waals surface area (Å²) in [6.45, 7) is 0.815. The number of guanidine groups is 1. The quantitative estimate of drug-likeness (QED) is 0.0935. The summed E-state index contributed by atoms with van der Waals surface area (Å²) in [7, 11) is 0. The molecule has 0 unspecified atom stereocenters. The van der Waals surface area contributed by atoms with Crippen LogP contribution in [-0.4, -0.2) is 87.6 Å². The van der Waals surface area contributed by atoms with Gasteiger partial charge in [0.05, 0.1) is 25.2 Å². The zero-order chi connectivity index (χ0) is 23.7. The number of nitrogens with two attached hydrogens (primary N) is 1. The fourth-order valence-electron chi connectivity index (χ4n) is 3.06. The molecule has 1 aromatic carbocycles. The number of thioether (sulfide) groups is 1. The van der Waals surface area contributed by atoms with Crippen molar-refractivity contribution in [1.29, 1.82) is 0 Å². The van der Waals surface area contributed by atoms with Gasteiger partial charge in [-0.15, -0.1) is 11.8 Å². The first kappa shape index (κ1) is 25.5. The van der Waals surface area contributed by atoms with Crippen LogP contribution in [0.3, 0.4) is 0 Å². The van der Waals surface area contributed by atoms with E-state index in [1.165, 1.54) is 13.0 Å². The maximum Gasteiger partial charge on any atom is 0.370 e. The third-order valence-electron chi connectivity index (χ3n) is 4.53. The average Bonchev–Trinajstić information content (AvgIpc) is 2.76. The summed E-state index contributed by atoms with van der Waals surface area (Å²) in [6, 6.07) is 7.79. The van der Waals surface area contributed by atoms with E-state index >= 15 is 0 Å². The number of carboxylic acid groups (broad SMARTS) is 1. The molecule has 176 valence electrons. The predicted molar refractivity (Wildman–Crippen MR) is 118 cm³/mol. The minimum Gasteiger partial charge on any atom is -0.478 e. The molecule has 0 bridgehead atoms. The van der Waals surface area contributed by atoms with Gasteiger partial charge in [0.1, 0.15) is 18.3 Å². The van der Waals surface area contributed by atoms with Gasteiger partial charge in [-0.3, -0.25) is 9.79 Å². The Bertz CT molecular complexity index is 836. The molecule has 1 amide bonds. The lowest BCUT2D eigenvalue weighted by molar-refractivity contribution is -0.146. The topological polar surface area (TPSA) is 187 Å². The zero-order valence-electron chi connectivity index (χ0n) is 17.4. The molecule has 0 spiro atoms. The van der Waals surface area contributed by atoms with Crippen LogP contribution in [-0.2, 0) is 14.3 Å². The minimum absolute atomic E-state index is 0.00199. The smallest absolute Gasteiger partial charge is 0.370 e. The van der Waals surface area contributed by atoms with Crippen molar-refractivity contribution in [1.82, 2.24) is 10.6 Å². The van der Waals surface area contributed by atoms with Gasteiger partial charge in [-0.05, 0) is 18.2 Å². The van der Waals surface area contributed by atoms with E-state index in [0.717, 1.165) is 4.90 Å². The molecule has 1 aliphatic rings. The number of aliphatic carboxylic acids is 1. The van der Waals surface area contributed by atoms with Crippen molar-refractivity contribution in [3.8, 4) is 0 Å². The molecule has 2 rings (SSSR count). The third-order valence-corrected chi connectivity index (χ3v) is 5.53. The van der Waals surface area contributed by atoms with Crippen LogP contribution in [0.4, 0.5) is 0 Å². The number of nitrogens with one attached hydrogen (secondary N) is 2. The lowest BCUT2D eigenvalue weighted by Crippen LogP contribution is -2.64. The Morgan fingerprint density at radius 1 is 1.25 bits per heavy atom. The SMILES string of the molecule is CC(=O)N[C@H]1[C@H]([C@H](O)[C@H](O)CO)OC(C(=O)O)=C[C@@H]1NC(N)=NCCSc1ccccc1. The van der Waals surface area contributed by atoms with Gasteiger partial charge >= 0.3 is 5.97 Å². The van der Waals surface area contributed by atoms with Crippen molar-refractivity contribution < 1.29 is 34.8 Å². The number of rotatable bonds is 10. The molecule has 11 nitrogen and oxygen atoms in total. The van der Waals surface area contributed by atoms with Crippen molar-refractivity contribution >= 4 is 29.6 Å². The fourth-order valence-corrected chi connectivity index (χ4v) is 3.83. The summed E-state index contributed by atoms with van der Waals surface area (Å²) in [5, 5.41) is 44.1. The highest BCUT2D eigenvalue weighted by Gasteiger charge is 2.43. The van der Waals surface area contributed by atoms with E-state index in [9.17, 15) is 24.9 Å². The van der Waals surface area contributed by atoms with E-state index in [-0.39, 0.29) is 5.96 Å². The van der Waals surface area contributed by atoms with E-state index in [1.807, 2.05) is 30.3 Å². The summed E-state index contributed by atoms with van der Waals surface area (Å²) in [5.74, 6) is -1.76. The highest BCUT2D eigenvalue weighted by atomic mass is 32.2. The molecule has 1 aromatic rings. The first-order valence-electron chi connectivity index (χ1n) is 9.83. The van der Waals surface area contributed by atoms with Gasteiger partial charge in [-0.1, -0.05) is 18.2 Å². The standard InChI is InChI=1S/C20H28N4O7S/c1-11(26)23-16-13(9-15(19(29)30)31-18(16)17(28)14(27)10-25)24-20(21)22-7-8-32-12-5-3-2-4-6-12/h2-6,9,13-14,16-18,25,27-28H,7-8,10H2,1H3,(H,23,26)(H,29,30)(H3,21,22,24)/t13-,14+,16+,17+,18+/m0/s1. The van der Waals surface area contributed by atoms with E-state index in [0.29, 0.717) is 12.3 Å². The Kier molecular flexibility index (Phi) is 9.78. The lowest BCUT2D eigenvalue weighted by atomic mass is 9.92. The van der Waals surface area contributed by atoms with Crippen LogP contribution in [0.5, 0.6) is 0 Å². The maximum absolute atomic E-state index is 11.7. The lowest BCUT2D eigenvalue weighted by Gasteiger charge is -2.40. The number of hydrogen-bond acceptors (Lipinski definition) is 8. The monoisotopic (exact) mass is 468 g/mol. The zero-order valence-corrected chi connectivity index (χ0v) is 18.2. The molecule has 12 heteroatoms. The number of carboxylic acids is 1. The second-order valence-electron chi connectivity index (χ2n) is 6.98. The number of aliphatic hydroxyl groups excluding tert-OH is 3. The first-order valence-corrected chi connectivity index (χ1v) is 10.8. The van der Waals surface area contributed by atoms with Crippen LogP contribution >= 0.6 is 11.8 Å². The van der Waals surface area contributed by atoms with Gasteiger partial charge in [0.25, 0.3) is 0 Å². The highest BCUT2D eigenvalue weighted by molar-refractivity contribution is 7.99. The van der Waals surface area contributed by atoms with Crippen molar-refractivity contribution in [3.05, 3.63) is 42.2 Å². The van der Waals surface area contributed by atoms with Crippen LogP contribution in [0.2, 0.25) is 0 Å². The second kappa shape index (κ2) is 12.3. The highest BCUT2D eigenvalue weighted by Crippen LogP contribution is 2.23. The van der Waals surface area contributed by atoms with Gasteiger partial charge in [0.2, 0.25) is 11.7 Å². The van der Waals surface area contributed by atoms with Crippen molar-refractivity contribution in [2.24, 2.45) is 10.7 Å². The van der Waals surface area contributed by atoms with Crippen molar-refractivity contribution in [2.75, 3.05) is 18.9 Å². The molecule has 8 N–H and O–H groups in total. The summed E-state index contributed by atoms with van der Waals surface area (Å²) >= 11 is 1.59. The van der Waals surface area contributed by atoms with Crippen LogP contribution in [0.25, 0.3) is 0 Å². The Labute approximate surface area is 189 Å². The van der Waals surface area contributed by atoms with Crippen molar-refractivity contribution in [2.45, 2.75) is 42.2 Å². The number of nitrogens with zero attached hydrogens (tertiary/aromatic N) is 1. The first-order chi connectivity index (χ1) is 15.2. The summed E-state index contributed by atoms with van der Waals surface area (Å²) in [5.41, 5.74) is 5.95. The van der Waals surface area contributed by atoms with Gasteiger partial charge < -0.3 is 41.5 Å². The van der Waals surface area contributed by atoms with Gasteiger partial charge in [-0.25, -0.2) is 4.79 Å². The predicted octanol–water partition coefficient (Wildman–Crippen LogP) is -1.36. The molecular weight excluding hydrogens is 440 g/mol. The van der Waals surface area contributed by atoms with Crippen LogP contribution in [0, 0.1) is 0 Å². The minimum atomic E-state index is -1.69. The molecule has 0 radical (unpaired) electrons. The van der Waals surface area contributed by atoms with Crippen LogP contribution < -0.4 is 16.4 Å². The molecule has 0 saturated heterocycles. The largest absolute Gasteiger partial charge is 0.478 e. The summed E-state index contributed by atoms with van der Waals surface area (Å²) < 4.78 is 5.31. The number of carbonyl (C=O) groups is 2. The molecule has 0 aliphatic carbocycles. The Balaban J connectivity index is 2.15. The molecule has 1 aliphatic heterocycles.